The molecule has 0 bridgehead atoms. The number of carbonyl (C=O) groups excluding carboxylic acids is 1. The first-order valence-electron chi connectivity index (χ1n) is 7.44. The average Bonchev–Trinajstić information content (AvgIpc) is 2.49. The molecule has 0 saturated carbocycles. The maximum Gasteiger partial charge on any atom is 0.321 e. The van der Waals surface area contributed by atoms with Crippen molar-refractivity contribution >= 4 is 29.3 Å². The first-order valence-corrected chi connectivity index (χ1v) is 7.82. The van der Waals surface area contributed by atoms with Crippen LogP contribution in [0.1, 0.15) is 18.9 Å². The van der Waals surface area contributed by atoms with Gasteiger partial charge in [0.25, 0.3) is 0 Å². The van der Waals surface area contributed by atoms with Gasteiger partial charge in [0.1, 0.15) is 5.75 Å². The Morgan fingerprint density at radius 1 is 1.39 bits per heavy atom. The van der Waals surface area contributed by atoms with Crippen molar-refractivity contribution in [1.82, 2.24) is 4.90 Å². The number of carbonyl (C=O) groups is 2. The van der Waals surface area contributed by atoms with Gasteiger partial charge in [-0.1, -0.05) is 18.5 Å². The van der Waals surface area contributed by atoms with Crippen LogP contribution in [-0.4, -0.2) is 42.2 Å². The van der Waals surface area contributed by atoms with Crippen LogP contribution in [0, 0.1) is 18.8 Å². The number of aliphatic carboxylic acids is 1. The van der Waals surface area contributed by atoms with Crippen molar-refractivity contribution in [2.75, 3.05) is 25.5 Å². The molecule has 2 N–H and O–H groups in total. The standard InChI is InChI=1S/C16H21ClN2O4/c1-9-4-11(15(20)21)8-19(7-9)16(22)18-13-5-10(2)14(23-3)6-12(13)17/h5-6,9,11H,4,7-8H2,1-3H3,(H,18,22)(H,20,21). The van der Waals surface area contributed by atoms with Crippen LogP contribution >= 0.6 is 11.6 Å². The number of methoxy groups -OCH3 is 1. The summed E-state index contributed by atoms with van der Waals surface area (Å²) in [7, 11) is 1.55. The Labute approximate surface area is 140 Å². The maximum atomic E-state index is 12.4. The van der Waals surface area contributed by atoms with Crippen LogP contribution in [0.25, 0.3) is 0 Å². The van der Waals surface area contributed by atoms with Crippen LogP contribution in [-0.2, 0) is 4.79 Å². The van der Waals surface area contributed by atoms with Crippen LogP contribution in [0.5, 0.6) is 5.75 Å². The van der Waals surface area contributed by atoms with Crippen LogP contribution in [0.3, 0.4) is 0 Å². The fourth-order valence-corrected chi connectivity index (χ4v) is 3.07. The van der Waals surface area contributed by atoms with Crippen molar-refractivity contribution in [1.29, 1.82) is 0 Å². The highest BCUT2D eigenvalue weighted by Gasteiger charge is 2.32. The minimum absolute atomic E-state index is 0.142. The summed E-state index contributed by atoms with van der Waals surface area (Å²) >= 11 is 6.16. The fourth-order valence-electron chi connectivity index (χ4n) is 2.87. The Hall–Kier alpha value is -1.95. The number of carboxylic acid groups (broad SMARTS) is 1. The molecule has 0 aromatic heterocycles. The first kappa shape index (κ1) is 17.4. The van der Waals surface area contributed by atoms with Crippen molar-refractivity contribution in [2.24, 2.45) is 11.8 Å². The summed E-state index contributed by atoms with van der Waals surface area (Å²) in [5.74, 6) is -0.612. The number of halogens is 1. The molecule has 2 atom stereocenters. The van der Waals surface area contributed by atoms with Crippen LogP contribution in [0.4, 0.5) is 10.5 Å². The lowest BCUT2D eigenvalue weighted by Gasteiger charge is -2.34. The topological polar surface area (TPSA) is 78.9 Å². The minimum atomic E-state index is -0.868. The van der Waals surface area contributed by atoms with E-state index in [-0.39, 0.29) is 18.5 Å². The van der Waals surface area contributed by atoms with Crippen molar-refractivity contribution < 1.29 is 19.4 Å². The van der Waals surface area contributed by atoms with Gasteiger partial charge >= 0.3 is 12.0 Å². The lowest BCUT2D eigenvalue weighted by Crippen LogP contribution is -2.47. The molecule has 1 aliphatic rings. The van der Waals surface area contributed by atoms with E-state index in [4.69, 9.17) is 16.3 Å². The third kappa shape index (κ3) is 4.07. The number of rotatable bonds is 3. The predicted molar refractivity (Wildman–Crippen MR) is 88.2 cm³/mol. The van der Waals surface area contributed by atoms with Crippen molar-refractivity contribution in [3.05, 3.63) is 22.7 Å². The van der Waals surface area contributed by atoms with Gasteiger partial charge in [-0.3, -0.25) is 4.79 Å². The van der Waals surface area contributed by atoms with Crippen LogP contribution in [0.2, 0.25) is 5.02 Å². The highest BCUT2D eigenvalue weighted by Crippen LogP contribution is 2.31. The molecule has 23 heavy (non-hydrogen) atoms. The van der Waals surface area contributed by atoms with Gasteiger partial charge in [-0.15, -0.1) is 0 Å². The Bertz CT molecular complexity index is 620. The lowest BCUT2D eigenvalue weighted by molar-refractivity contribution is -0.143. The third-order valence-corrected chi connectivity index (χ3v) is 4.34. The van der Waals surface area contributed by atoms with E-state index in [9.17, 15) is 14.7 Å². The van der Waals surface area contributed by atoms with Gasteiger partial charge in [-0.25, -0.2) is 4.79 Å². The van der Waals surface area contributed by atoms with E-state index in [2.05, 4.69) is 5.32 Å². The highest BCUT2D eigenvalue weighted by atomic mass is 35.5. The molecule has 0 aliphatic carbocycles. The predicted octanol–water partition coefficient (Wildman–Crippen LogP) is 3.23. The van der Waals surface area contributed by atoms with Gasteiger partial charge < -0.3 is 20.1 Å². The number of benzene rings is 1. The Kier molecular flexibility index (Phi) is 5.36. The molecule has 1 fully saturated rings. The Morgan fingerprint density at radius 2 is 2.09 bits per heavy atom. The summed E-state index contributed by atoms with van der Waals surface area (Å²) in [6, 6.07) is 3.04. The number of hydrogen-bond acceptors (Lipinski definition) is 3. The lowest BCUT2D eigenvalue weighted by atomic mass is 9.91. The molecule has 1 aromatic rings. The number of aryl methyl sites for hydroxylation is 1. The summed E-state index contributed by atoms with van der Waals surface area (Å²) in [6.45, 7) is 4.54. The molecule has 2 rings (SSSR count). The SMILES string of the molecule is COc1cc(Cl)c(NC(=O)N2CC(C)CC(C(=O)O)C2)cc1C. The van der Waals surface area contributed by atoms with Crippen molar-refractivity contribution in [2.45, 2.75) is 20.3 Å². The van der Waals surface area contributed by atoms with E-state index in [0.29, 0.717) is 29.4 Å². The molecule has 126 valence electrons. The molecule has 0 radical (unpaired) electrons. The number of anilines is 1. The second-order valence-electron chi connectivity index (χ2n) is 6.01. The van der Waals surface area contributed by atoms with Gasteiger partial charge in [-0.05, 0) is 30.9 Å². The zero-order valence-electron chi connectivity index (χ0n) is 13.4. The van der Waals surface area contributed by atoms with E-state index >= 15 is 0 Å². The van der Waals surface area contributed by atoms with E-state index in [0.717, 1.165) is 5.56 Å². The van der Waals surface area contributed by atoms with Crippen molar-refractivity contribution in [3.63, 3.8) is 0 Å². The van der Waals surface area contributed by atoms with Gasteiger partial charge in [0.2, 0.25) is 0 Å². The number of nitrogens with zero attached hydrogens (tertiary/aromatic N) is 1. The number of ether oxygens (including phenoxy) is 1. The molecule has 7 heteroatoms. The minimum Gasteiger partial charge on any atom is -0.496 e. The molecule has 2 unspecified atom stereocenters. The zero-order valence-corrected chi connectivity index (χ0v) is 14.2. The molecule has 0 spiro atoms. The largest absolute Gasteiger partial charge is 0.496 e. The van der Waals surface area contributed by atoms with Crippen LogP contribution in [0.15, 0.2) is 12.1 Å². The van der Waals surface area contributed by atoms with E-state index in [1.165, 1.54) is 4.90 Å². The average molecular weight is 341 g/mol. The molecule has 1 aliphatic heterocycles. The van der Waals surface area contributed by atoms with E-state index < -0.39 is 11.9 Å². The Morgan fingerprint density at radius 3 is 2.70 bits per heavy atom. The number of carboxylic acids is 1. The zero-order chi connectivity index (χ0) is 17.1. The quantitative estimate of drug-likeness (QED) is 0.885. The molecule has 1 aromatic carbocycles. The molecule has 6 nitrogen and oxygen atoms in total. The Balaban J connectivity index is 2.12. The molecule has 1 heterocycles. The number of nitrogens with one attached hydrogen (secondary N) is 1. The van der Waals surface area contributed by atoms with Gasteiger partial charge in [0.15, 0.2) is 0 Å². The van der Waals surface area contributed by atoms with E-state index in [1.54, 1.807) is 19.2 Å². The number of hydrogen-bond donors (Lipinski definition) is 2. The second-order valence-corrected chi connectivity index (χ2v) is 6.42. The summed E-state index contributed by atoms with van der Waals surface area (Å²) in [5.41, 5.74) is 1.34. The maximum absolute atomic E-state index is 12.4. The highest BCUT2D eigenvalue weighted by molar-refractivity contribution is 6.33. The normalized spacial score (nSPS) is 21.0. The number of amides is 2. The summed E-state index contributed by atoms with van der Waals surface area (Å²) in [6.07, 6.45) is 0.585. The molecular formula is C16H21ClN2O4. The second kappa shape index (κ2) is 7.08. The molecule has 1 saturated heterocycles. The van der Waals surface area contributed by atoms with Gasteiger partial charge in [0.05, 0.1) is 23.7 Å². The number of piperidine rings is 1. The first-order chi connectivity index (χ1) is 10.8. The smallest absolute Gasteiger partial charge is 0.321 e. The van der Waals surface area contributed by atoms with Gasteiger partial charge in [0, 0.05) is 19.2 Å². The number of urea groups is 1. The third-order valence-electron chi connectivity index (χ3n) is 4.02. The number of likely N-dealkylation sites (tertiary alicyclic amines) is 1. The summed E-state index contributed by atoms with van der Waals surface area (Å²) in [4.78, 5) is 25.2. The molecule has 2 amide bonds. The van der Waals surface area contributed by atoms with E-state index in [1.807, 2.05) is 13.8 Å². The fraction of sp³-hybridized carbons (Fsp3) is 0.500. The molecular weight excluding hydrogens is 320 g/mol. The van der Waals surface area contributed by atoms with Crippen molar-refractivity contribution in [3.8, 4) is 5.75 Å². The summed E-state index contributed by atoms with van der Waals surface area (Å²) in [5, 5.41) is 12.3. The summed E-state index contributed by atoms with van der Waals surface area (Å²) < 4.78 is 5.18. The monoisotopic (exact) mass is 340 g/mol. The van der Waals surface area contributed by atoms with Crippen LogP contribution < -0.4 is 10.1 Å². The van der Waals surface area contributed by atoms with Gasteiger partial charge in [-0.2, -0.15) is 0 Å².